The molecule has 6 heteroatoms. The van der Waals surface area contributed by atoms with Gasteiger partial charge >= 0.3 is 5.97 Å². The number of aliphatic imine (C=N–C) groups is 1. The molecule has 3 aromatic carbocycles. The Kier molecular flexibility index (Phi) is 12.3. The maximum atomic E-state index is 12.6. The molecule has 0 amide bonds. The zero-order valence-electron chi connectivity index (χ0n) is 24.6. The van der Waals surface area contributed by atoms with Crippen LogP contribution in [0.3, 0.4) is 0 Å². The first kappa shape index (κ1) is 30.3. The topological polar surface area (TPSA) is 60.4 Å². The van der Waals surface area contributed by atoms with Crippen molar-refractivity contribution in [2.75, 3.05) is 19.9 Å². The molecule has 218 valence electrons. The van der Waals surface area contributed by atoms with Crippen molar-refractivity contribution in [1.29, 1.82) is 0 Å². The Morgan fingerprint density at radius 1 is 0.854 bits per heavy atom. The van der Waals surface area contributed by atoms with Crippen LogP contribution in [0.5, 0.6) is 17.2 Å². The fourth-order valence-corrected chi connectivity index (χ4v) is 4.78. The zero-order valence-corrected chi connectivity index (χ0v) is 24.6. The van der Waals surface area contributed by atoms with Crippen LogP contribution in [0.15, 0.2) is 71.7 Å². The number of nitrogens with zero attached hydrogens (tertiary/aromatic N) is 2. The second-order valence-electron chi connectivity index (χ2n) is 10.7. The highest BCUT2D eigenvalue weighted by Gasteiger charge is 2.17. The van der Waals surface area contributed by atoms with Gasteiger partial charge < -0.3 is 14.2 Å². The normalized spacial score (nSPS) is 13.1. The van der Waals surface area contributed by atoms with E-state index >= 15 is 0 Å². The van der Waals surface area contributed by atoms with Gasteiger partial charge in [-0.3, -0.25) is 9.89 Å². The van der Waals surface area contributed by atoms with Crippen LogP contribution in [0.1, 0.15) is 93.1 Å². The van der Waals surface area contributed by atoms with Crippen molar-refractivity contribution in [3.05, 3.63) is 83.4 Å². The van der Waals surface area contributed by atoms with Gasteiger partial charge in [-0.1, -0.05) is 58.8 Å². The van der Waals surface area contributed by atoms with E-state index in [9.17, 15) is 4.79 Å². The van der Waals surface area contributed by atoms with E-state index in [1.165, 1.54) is 56.9 Å². The summed E-state index contributed by atoms with van der Waals surface area (Å²) in [5, 5.41) is 0. The van der Waals surface area contributed by atoms with Crippen molar-refractivity contribution in [3.8, 4) is 17.2 Å². The Hall–Kier alpha value is -3.64. The highest BCUT2D eigenvalue weighted by Crippen LogP contribution is 2.29. The average molecular weight is 557 g/mol. The van der Waals surface area contributed by atoms with E-state index in [1.807, 2.05) is 42.6 Å². The van der Waals surface area contributed by atoms with Crippen LogP contribution in [-0.4, -0.2) is 37.0 Å². The van der Waals surface area contributed by atoms with E-state index in [4.69, 9.17) is 14.2 Å². The maximum Gasteiger partial charge on any atom is 0.343 e. The number of hydrogen-bond acceptors (Lipinski definition) is 6. The Balaban J connectivity index is 1.24. The monoisotopic (exact) mass is 556 g/mol. The van der Waals surface area contributed by atoms with Gasteiger partial charge in [0.2, 0.25) is 0 Å². The van der Waals surface area contributed by atoms with Gasteiger partial charge in [0.15, 0.2) is 0 Å². The second-order valence-corrected chi connectivity index (χ2v) is 10.7. The molecule has 0 fully saturated rings. The summed E-state index contributed by atoms with van der Waals surface area (Å²) in [5.41, 5.74) is 3.47. The van der Waals surface area contributed by atoms with Gasteiger partial charge in [0.05, 0.1) is 17.9 Å². The van der Waals surface area contributed by atoms with E-state index < -0.39 is 5.97 Å². The molecule has 0 bridgehead atoms. The lowest BCUT2D eigenvalue weighted by Gasteiger charge is -2.29. The van der Waals surface area contributed by atoms with Crippen molar-refractivity contribution >= 4 is 17.9 Å². The molecule has 0 N–H and O–H groups in total. The quantitative estimate of drug-likeness (QED) is 0.0764. The van der Waals surface area contributed by atoms with Gasteiger partial charge in [-0.25, -0.2) is 4.79 Å². The first-order valence-electron chi connectivity index (χ1n) is 15.2. The Morgan fingerprint density at radius 2 is 1.56 bits per heavy atom. The summed E-state index contributed by atoms with van der Waals surface area (Å²) in [7, 11) is 0. The lowest BCUT2D eigenvalue weighted by Crippen LogP contribution is -2.32. The number of esters is 1. The van der Waals surface area contributed by atoms with E-state index in [2.05, 4.69) is 29.8 Å². The molecule has 0 saturated carbocycles. The Bertz CT molecular complexity index is 1240. The molecular formula is C35H44N2O4. The van der Waals surface area contributed by atoms with Gasteiger partial charge in [-0.15, -0.1) is 0 Å². The molecule has 0 aliphatic carbocycles. The van der Waals surface area contributed by atoms with Gasteiger partial charge in [-0.05, 0) is 85.1 Å². The van der Waals surface area contributed by atoms with Crippen molar-refractivity contribution in [2.45, 2.75) is 78.2 Å². The number of rotatable bonds is 16. The molecule has 3 aromatic rings. The first-order chi connectivity index (χ1) is 20.1. The summed E-state index contributed by atoms with van der Waals surface area (Å²) in [4.78, 5) is 19.6. The third-order valence-corrected chi connectivity index (χ3v) is 7.23. The predicted octanol–water partition coefficient (Wildman–Crippen LogP) is 8.74. The SMILES string of the molecule is CCCCCCCOc1ccc(C(=O)Oc2ccc(C=Nc3ccc4c(c3)CN(CCCCCC)CO4)cc2)cc1. The van der Waals surface area contributed by atoms with E-state index in [-0.39, 0.29) is 0 Å². The molecule has 1 heterocycles. The molecule has 0 atom stereocenters. The second kappa shape index (κ2) is 16.6. The zero-order chi connectivity index (χ0) is 28.7. The third-order valence-electron chi connectivity index (χ3n) is 7.23. The van der Waals surface area contributed by atoms with Crippen LogP contribution < -0.4 is 14.2 Å². The van der Waals surface area contributed by atoms with Crippen molar-refractivity contribution in [2.24, 2.45) is 4.99 Å². The molecule has 0 unspecified atom stereocenters. The summed E-state index contributed by atoms with van der Waals surface area (Å²) in [5.74, 6) is 1.81. The van der Waals surface area contributed by atoms with Crippen LogP contribution >= 0.6 is 0 Å². The Labute approximate surface area is 245 Å². The fourth-order valence-electron chi connectivity index (χ4n) is 4.78. The molecular weight excluding hydrogens is 512 g/mol. The number of carbonyl (C=O) groups is 1. The number of hydrogen-bond donors (Lipinski definition) is 0. The van der Waals surface area contributed by atoms with Crippen LogP contribution in [-0.2, 0) is 6.54 Å². The lowest BCUT2D eigenvalue weighted by molar-refractivity contribution is 0.0734. The van der Waals surface area contributed by atoms with Crippen molar-refractivity contribution in [1.82, 2.24) is 4.90 Å². The van der Waals surface area contributed by atoms with E-state index in [0.717, 1.165) is 42.3 Å². The molecule has 0 spiro atoms. The average Bonchev–Trinajstić information content (AvgIpc) is 3.00. The summed E-state index contributed by atoms with van der Waals surface area (Å²) < 4.78 is 17.3. The maximum absolute atomic E-state index is 12.6. The molecule has 1 aliphatic rings. The van der Waals surface area contributed by atoms with Gasteiger partial charge in [0, 0.05) is 24.9 Å². The fraction of sp³-hybridized carbons (Fsp3) is 0.429. The third kappa shape index (κ3) is 10.0. The van der Waals surface area contributed by atoms with Gasteiger partial charge in [0.1, 0.15) is 24.0 Å². The summed E-state index contributed by atoms with van der Waals surface area (Å²) >= 11 is 0. The molecule has 0 saturated heterocycles. The predicted molar refractivity (Wildman–Crippen MR) is 166 cm³/mol. The van der Waals surface area contributed by atoms with Crippen molar-refractivity contribution < 1.29 is 19.0 Å². The minimum absolute atomic E-state index is 0.395. The largest absolute Gasteiger partial charge is 0.494 e. The summed E-state index contributed by atoms with van der Waals surface area (Å²) in [6.07, 6.45) is 12.8. The van der Waals surface area contributed by atoms with Crippen LogP contribution in [0.4, 0.5) is 5.69 Å². The highest BCUT2D eigenvalue weighted by molar-refractivity contribution is 5.91. The minimum atomic E-state index is -0.395. The van der Waals surface area contributed by atoms with Crippen LogP contribution in [0, 0.1) is 0 Å². The molecule has 41 heavy (non-hydrogen) atoms. The molecule has 6 nitrogen and oxygen atoms in total. The van der Waals surface area contributed by atoms with E-state index in [1.54, 1.807) is 24.3 Å². The standard InChI is InChI=1S/C35H44N2O4/c1-3-5-7-9-11-23-39-32-19-14-29(15-20-32)35(38)41-33-17-12-28(13-18-33)25-36-31-16-21-34-30(24-31)26-37(27-40-34)22-10-8-6-4-2/h12-21,24-25H,3-11,22-23,26-27H2,1-2H3. The highest BCUT2D eigenvalue weighted by atomic mass is 16.5. The van der Waals surface area contributed by atoms with Crippen LogP contribution in [0.2, 0.25) is 0 Å². The number of fused-ring (bicyclic) bond motifs is 1. The van der Waals surface area contributed by atoms with Gasteiger partial charge in [-0.2, -0.15) is 0 Å². The first-order valence-corrected chi connectivity index (χ1v) is 15.2. The number of unbranched alkanes of at least 4 members (excludes halogenated alkanes) is 7. The molecule has 0 aromatic heterocycles. The smallest absolute Gasteiger partial charge is 0.343 e. The number of benzene rings is 3. The molecule has 4 rings (SSSR count). The van der Waals surface area contributed by atoms with Crippen molar-refractivity contribution in [3.63, 3.8) is 0 Å². The number of carbonyl (C=O) groups excluding carboxylic acids is 1. The minimum Gasteiger partial charge on any atom is -0.494 e. The summed E-state index contributed by atoms with van der Waals surface area (Å²) in [6, 6.07) is 20.6. The lowest BCUT2D eigenvalue weighted by atomic mass is 10.1. The number of ether oxygens (including phenoxy) is 3. The Morgan fingerprint density at radius 3 is 2.32 bits per heavy atom. The van der Waals surface area contributed by atoms with Crippen LogP contribution in [0.25, 0.3) is 0 Å². The summed E-state index contributed by atoms with van der Waals surface area (Å²) in [6.45, 7) is 7.74. The van der Waals surface area contributed by atoms with Gasteiger partial charge in [0.25, 0.3) is 0 Å². The molecule has 0 radical (unpaired) electrons. The van der Waals surface area contributed by atoms with E-state index in [0.29, 0.717) is 24.7 Å². The molecule has 1 aliphatic heterocycles.